The average Bonchev–Trinajstić information content (AvgIpc) is 2.42. The molecule has 106 valence electrons. The van der Waals surface area contributed by atoms with E-state index in [-0.39, 0.29) is 0 Å². The Morgan fingerprint density at radius 1 is 1.42 bits per heavy atom. The second-order valence-electron chi connectivity index (χ2n) is 3.98. The highest BCUT2D eigenvalue weighted by Gasteiger charge is 2.16. The van der Waals surface area contributed by atoms with Crippen molar-refractivity contribution < 1.29 is 24.1 Å². The number of rotatable bonds is 9. The Morgan fingerprint density at radius 2 is 2.21 bits per heavy atom. The minimum atomic E-state index is -0.952. The van der Waals surface area contributed by atoms with Crippen molar-refractivity contribution in [1.82, 2.24) is 0 Å². The van der Waals surface area contributed by atoms with E-state index in [1.807, 2.05) is 24.3 Å². The Kier molecular flexibility index (Phi) is 6.92. The zero-order chi connectivity index (χ0) is 14.1. The Morgan fingerprint density at radius 3 is 2.84 bits per heavy atom. The highest BCUT2D eigenvalue weighted by molar-refractivity contribution is 5.72. The van der Waals surface area contributed by atoms with E-state index in [1.54, 1.807) is 14.0 Å². The molecule has 0 fully saturated rings. The number of carboxylic acids is 1. The van der Waals surface area contributed by atoms with Crippen LogP contribution in [-0.4, -0.2) is 37.5 Å². The van der Waals surface area contributed by atoms with Crippen LogP contribution in [0.15, 0.2) is 24.3 Å². The molecule has 1 aromatic carbocycles. The molecule has 5 nitrogen and oxygen atoms in total. The highest BCUT2D eigenvalue weighted by atomic mass is 16.5. The summed E-state index contributed by atoms with van der Waals surface area (Å²) in [5.41, 5.74) is 0.989. The molecule has 1 N–H and O–H groups in total. The lowest BCUT2D eigenvalue weighted by atomic mass is 10.2. The molecule has 0 aliphatic heterocycles. The molecule has 0 amide bonds. The smallest absolute Gasteiger partial charge is 0.332 e. The van der Waals surface area contributed by atoms with E-state index in [1.165, 1.54) is 0 Å². The first kappa shape index (κ1) is 15.5. The quantitative estimate of drug-likeness (QED) is 0.695. The molecule has 0 saturated carbocycles. The second kappa shape index (κ2) is 8.50. The van der Waals surface area contributed by atoms with Gasteiger partial charge in [0.05, 0.1) is 20.3 Å². The molecule has 0 bridgehead atoms. The second-order valence-corrected chi connectivity index (χ2v) is 3.98. The van der Waals surface area contributed by atoms with Crippen LogP contribution in [0.5, 0.6) is 5.75 Å². The molecule has 0 spiro atoms. The van der Waals surface area contributed by atoms with Gasteiger partial charge in [-0.1, -0.05) is 12.1 Å². The van der Waals surface area contributed by atoms with E-state index in [0.717, 1.165) is 11.3 Å². The van der Waals surface area contributed by atoms with Crippen LogP contribution in [0.3, 0.4) is 0 Å². The van der Waals surface area contributed by atoms with Gasteiger partial charge < -0.3 is 19.3 Å². The molecule has 1 rings (SSSR count). The zero-order valence-electron chi connectivity index (χ0n) is 11.3. The maximum absolute atomic E-state index is 10.8. The van der Waals surface area contributed by atoms with E-state index in [0.29, 0.717) is 26.2 Å². The molecule has 1 unspecified atom stereocenters. The number of carbonyl (C=O) groups is 1. The summed E-state index contributed by atoms with van der Waals surface area (Å²) in [4.78, 5) is 10.8. The van der Waals surface area contributed by atoms with Crippen molar-refractivity contribution >= 4 is 5.97 Å². The summed E-state index contributed by atoms with van der Waals surface area (Å²) in [5.74, 6) is -0.175. The van der Waals surface area contributed by atoms with Crippen molar-refractivity contribution in [1.29, 1.82) is 0 Å². The molecule has 5 heteroatoms. The molecule has 0 aliphatic rings. The van der Waals surface area contributed by atoms with Crippen molar-refractivity contribution in [3.63, 3.8) is 0 Å². The van der Waals surface area contributed by atoms with Gasteiger partial charge in [0.2, 0.25) is 0 Å². The van der Waals surface area contributed by atoms with E-state index in [9.17, 15) is 4.79 Å². The number of hydrogen-bond acceptors (Lipinski definition) is 4. The van der Waals surface area contributed by atoms with Gasteiger partial charge in [0, 0.05) is 13.0 Å². The van der Waals surface area contributed by atoms with Gasteiger partial charge in [0.1, 0.15) is 5.75 Å². The molecule has 19 heavy (non-hydrogen) atoms. The molecule has 0 radical (unpaired) electrons. The lowest BCUT2D eigenvalue weighted by Gasteiger charge is -2.12. The molecule has 0 aliphatic carbocycles. The van der Waals surface area contributed by atoms with Gasteiger partial charge in [-0.05, 0) is 24.6 Å². The molecule has 0 heterocycles. The van der Waals surface area contributed by atoms with Gasteiger partial charge >= 0.3 is 5.97 Å². The van der Waals surface area contributed by atoms with Gasteiger partial charge in [0.25, 0.3) is 0 Å². The number of aliphatic carboxylic acids is 1. The predicted octanol–water partition coefficient (Wildman–Crippen LogP) is 2.09. The Balaban J connectivity index is 2.31. The number of methoxy groups -OCH3 is 1. The summed E-state index contributed by atoms with van der Waals surface area (Å²) in [6, 6.07) is 7.56. The van der Waals surface area contributed by atoms with Crippen LogP contribution in [0.25, 0.3) is 0 Å². The fourth-order valence-electron chi connectivity index (χ4n) is 1.62. The average molecular weight is 268 g/mol. The summed E-state index contributed by atoms with van der Waals surface area (Å²) in [7, 11) is 1.61. The summed E-state index contributed by atoms with van der Waals surface area (Å²) >= 11 is 0. The lowest BCUT2D eigenvalue weighted by molar-refractivity contribution is -0.151. The largest absolute Gasteiger partial charge is 0.497 e. The maximum Gasteiger partial charge on any atom is 0.332 e. The summed E-state index contributed by atoms with van der Waals surface area (Å²) in [6.07, 6.45) is -0.456. The van der Waals surface area contributed by atoms with Gasteiger partial charge in [-0.3, -0.25) is 0 Å². The van der Waals surface area contributed by atoms with Crippen molar-refractivity contribution in [2.45, 2.75) is 26.1 Å². The van der Waals surface area contributed by atoms with Gasteiger partial charge in [-0.25, -0.2) is 4.79 Å². The normalized spacial score (nSPS) is 12.1. The third-order valence-electron chi connectivity index (χ3n) is 2.57. The predicted molar refractivity (Wildman–Crippen MR) is 70.3 cm³/mol. The van der Waals surface area contributed by atoms with Crippen molar-refractivity contribution in [2.75, 3.05) is 20.3 Å². The number of hydrogen-bond donors (Lipinski definition) is 1. The van der Waals surface area contributed by atoms with Crippen LogP contribution in [0.2, 0.25) is 0 Å². The number of carboxylic acid groups (broad SMARTS) is 1. The maximum atomic E-state index is 10.8. The van der Waals surface area contributed by atoms with Gasteiger partial charge in [-0.2, -0.15) is 0 Å². The fraction of sp³-hybridized carbons (Fsp3) is 0.500. The SMILES string of the molecule is CCOC(CCOCc1cccc(OC)c1)C(=O)O. The van der Waals surface area contributed by atoms with Crippen LogP contribution in [-0.2, 0) is 20.9 Å². The van der Waals surface area contributed by atoms with E-state index >= 15 is 0 Å². The minimum absolute atomic E-state index is 0.340. The van der Waals surface area contributed by atoms with Gasteiger partial charge in [0.15, 0.2) is 6.10 Å². The Bertz CT molecular complexity index is 391. The van der Waals surface area contributed by atoms with Crippen LogP contribution >= 0.6 is 0 Å². The van der Waals surface area contributed by atoms with E-state index in [2.05, 4.69) is 0 Å². The number of ether oxygens (including phenoxy) is 3. The fourth-order valence-corrected chi connectivity index (χ4v) is 1.62. The van der Waals surface area contributed by atoms with Crippen LogP contribution in [0, 0.1) is 0 Å². The topological polar surface area (TPSA) is 65.0 Å². The Hall–Kier alpha value is -1.59. The molecule has 0 saturated heterocycles. The number of benzene rings is 1. The van der Waals surface area contributed by atoms with Crippen LogP contribution < -0.4 is 4.74 Å². The van der Waals surface area contributed by atoms with Crippen molar-refractivity contribution in [3.8, 4) is 5.75 Å². The third-order valence-corrected chi connectivity index (χ3v) is 2.57. The van der Waals surface area contributed by atoms with E-state index < -0.39 is 12.1 Å². The lowest BCUT2D eigenvalue weighted by Crippen LogP contribution is -2.25. The first-order chi connectivity index (χ1) is 9.17. The molecule has 1 aromatic rings. The molecular weight excluding hydrogens is 248 g/mol. The molecule has 1 atom stereocenters. The zero-order valence-corrected chi connectivity index (χ0v) is 11.3. The highest BCUT2D eigenvalue weighted by Crippen LogP contribution is 2.13. The minimum Gasteiger partial charge on any atom is -0.497 e. The Labute approximate surface area is 113 Å². The first-order valence-electron chi connectivity index (χ1n) is 6.22. The first-order valence-corrected chi connectivity index (χ1v) is 6.22. The standard InChI is InChI=1S/C14H20O5/c1-3-19-13(14(15)16)7-8-18-10-11-5-4-6-12(9-11)17-2/h4-6,9,13H,3,7-8,10H2,1-2H3,(H,15,16). The van der Waals surface area contributed by atoms with Crippen molar-refractivity contribution in [2.24, 2.45) is 0 Å². The van der Waals surface area contributed by atoms with Crippen molar-refractivity contribution in [3.05, 3.63) is 29.8 Å². The molecule has 0 aromatic heterocycles. The van der Waals surface area contributed by atoms with Crippen LogP contribution in [0.1, 0.15) is 18.9 Å². The molecular formula is C14H20O5. The summed E-state index contributed by atoms with van der Waals surface area (Å²) in [5, 5.41) is 8.89. The van der Waals surface area contributed by atoms with Crippen LogP contribution in [0.4, 0.5) is 0 Å². The van der Waals surface area contributed by atoms with Gasteiger partial charge in [-0.15, -0.1) is 0 Å². The summed E-state index contributed by atoms with van der Waals surface area (Å²) in [6.45, 7) is 2.92. The van der Waals surface area contributed by atoms with E-state index in [4.69, 9.17) is 19.3 Å². The summed E-state index contributed by atoms with van der Waals surface area (Å²) < 4.78 is 15.6. The third kappa shape index (κ3) is 5.72. The monoisotopic (exact) mass is 268 g/mol.